The molecule has 1 saturated heterocycles. The third-order valence-corrected chi connectivity index (χ3v) is 3.94. The van der Waals surface area contributed by atoms with E-state index in [1.807, 2.05) is 43.3 Å². The number of pyridine rings is 1. The molecule has 126 valence electrons. The van der Waals surface area contributed by atoms with Crippen molar-refractivity contribution in [2.24, 2.45) is 0 Å². The number of hydrogen-bond acceptors (Lipinski definition) is 4. The Hall–Kier alpha value is -2.40. The number of nitrogens with zero attached hydrogens (tertiary/aromatic N) is 1. The summed E-state index contributed by atoms with van der Waals surface area (Å²) in [5.74, 6) is 0.554. The van der Waals surface area contributed by atoms with E-state index in [4.69, 9.17) is 9.47 Å². The summed E-state index contributed by atoms with van der Waals surface area (Å²) in [4.78, 5) is 16.4. The maximum atomic E-state index is 12.2. The van der Waals surface area contributed by atoms with E-state index in [-0.39, 0.29) is 12.0 Å². The zero-order valence-electron chi connectivity index (χ0n) is 13.8. The van der Waals surface area contributed by atoms with Crippen molar-refractivity contribution in [3.05, 3.63) is 53.9 Å². The second-order valence-corrected chi connectivity index (χ2v) is 5.94. The molecule has 0 bridgehead atoms. The van der Waals surface area contributed by atoms with E-state index in [1.165, 1.54) is 6.42 Å². The van der Waals surface area contributed by atoms with Gasteiger partial charge in [-0.05, 0) is 62.6 Å². The molecule has 1 N–H and O–H groups in total. The van der Waals surface area contributed by atoms with Crippen LogP contribution in [0.25, 0.3) is 0 Å². The third-order valence-electron chi connectivity index (χ3n) is 3.94. The molecule has 0 aliphatic carbocycles. The maximum absolute atomic E-state index is 12.2. The van der Waals surface area contributed by atoms with Crippen molar-refractivity contribution in [2.45, 2.75) is 32.3 Å². The van der Waals surface area contributed by atoms with Crippen LogP contribution in [-0.2, 0) is 4.74 Å². The highest BCUT2D eigenvalue weighted by Crippen LogP contribution is 2.19. The van der Waals surface area contributed by atoms with Crippen LogP contribution < -0.4 is 10.1 Å². The van der Waals surface area contributed by atoms with E-state index < -0.39 is 0 Å². The van der Waals surface area contributed by atoms with E-state index in [1.54, 1.807) is 6.07 Å². The van der Waals surface area contributed by atoms with Crippen LogP contribution in [-0.4, -0.2) is 30.2 Å². The minimum absolute atomic E-state index is 0.186. The predicted octanol–water partition coefficient (Wildman–Crippen LogP) is 3.59. The zero-order chi connectivity index (χ0) is 16.8. The fraction of sp³-hybridized carbons (Fsp3) is 0.368. The number of rotatable bonds is 5. The largest absolute Gasteiger partial charge is 0.491 e. The van der Waals surface area contributed by atoms with Crippen LogP contribution in [0.5, 0.6) is 5.75 Å². The normalized spacial score (nSPS) is 17.3. The van der Waals surface area contributed by atoms with E-state index in [0.717, 1.165) is 30.9 Å². The van der Waals surface area contributed by atoms with E-state index in [0.29, 0.717) is 18.0 Å². The molecule has 24 heavy (non-hydrogen) atoms. The molecule has 5 heteroatoms. The van der Waals surface area contributed by atoms with Gasteiger partial charge in [0.05, 0.1) is 6.10 Å². The molecule has 5 nitrogen and oxygen atoms in total. The maximum Gasteiger partial charge on any atom is 0.274 e. The van der Waals surface area contributed by atoms with Crippen LogP contribution in [0.3, 0.4) is 0 Å². The topological polar surface area (TPSA) is 60.5 Å². The van der Waals surface area contributed by atoms with Crippen molar-refractivity contribution in [1.29, 1.82) is 0 Å². The molecular formula is C19H22N2O3. The third kappa shape index (κ3) is 4.55. The fourth-order valence-electron chi connectivity index (χ4n) is 2.63. The number of nitrogens with one attached hydrogen (secondary N) is 1. The van der Waals surface area contributed by atoms with Crippen LogP contribution in [0.1, 0.15) is 35.4 Å². The summed E-state index contributed by atoms with van der Waals surface area (Å²) in [5, 5.41) is 2.84. The lowest BCUT2D eigenvalue weighted by Gasteiger charge is -2.22. The molecule has 1 atom stereocenters. The first kappa shape index (κ1) is 16.5. The predicted molar refractivity (Wildman–Crippen MR) is 92.5 cm³/mol. The van der Waals surface area contributed by atoms with Gasteiger partial charge in [-0.15, -0.1) is 0 Å². The van der Waals surface area contributed by atoms with Gasteiger partial charge in [-0.3, -0.25) is 4.79 Å². The Morgan fingerprint density at radius 3 is 2.79 bits per heavy atom. The molecule has 2 heterocycles. The smallest absolute Gasteiger partial charge is 0.274 e. The summed E-state index contributed by atoms with van der Waals surface area (Å²) < 4.78 is 11.4. The Kier molecular flexibility index (Phi) is 5.43. The van der Waals surface area contributed by atoms with Crippen molar-refractivity contribution in [3.63, 3.8) is 0 Å². The van der Waals surface area contributed by atoms with Gasteiger partial charge in [0.1, 0.15) is 18.1 Å². The number of carbonyl (C=O) groups is 1. The first-order valence-electron chi connectivity index (χ1n) is 8.30. The van der Waals surface area contributed by atoms with Gasteiger partial charge in [-0.25, -0.2) is 4.98 Å². The molecule has 0 radical (unpaired) electrons. The first-order valence-corrected chi connectivity index (χ1v) is 8.30. The molecule has 1 aromatic carbocycles. The summed E-state index contributed by atoms with van der Waals surface area (Å²) in [5.41, 5.74) is 1.94. The molecule has 1 fully saturated rings. The van der Waals surface area contributed by atoms with Gasteiger partial charge in [-0.1, -0.05) is 6.07 Å². The van der Waals surface area contributed by atoms with Gasteiger partial charge < -0.3 is 14.8 Å². The molecular weight excluding hydrogens is 304 g/mol. The van der Waals surface area contributed by atoms with Crippen LogP contribution in [0.4, 0.5) is 5.69 Å². The van der Waals surface area contributed by atoms with Crippen LogP contribution in [0.15, 0.2) is 42.5 Å². The van der Waals surface area contributed by atoms with Gasteiger partial charge >= 0.3 is 0 Å². The van der Waals surface area contributed by atoms with Crippen molar-refractivity contribution in [2.75, 3.05) is 18.5 Å². The van der Waals surface area contributed by atoms with E-state index in [2.05, 4.69) is 10.3 Å². The van der Waals surface area contributed by atoms with Gasteiger partial charge in [0.15, 0.2) is 0 Å². The van der Waals surface area contributed by atoms with Gasteiger partial charge in [0.2, 0.25) is 0 Å². The Bertz CT molecular complexity index is 679. The second kappa shape index (κ2) is 7.93. The molecule has 3 rings (SSSR count). The summed E-state index contributed by atoms with van der Waals surface area (Å²) in [7, 11) is 0. The molecule has 1 aliphatic heterocycles. The van der Waals surface area contributed by atoms with Gasteiger partial charge in [0.25, 0.3) is 5.91 Å². The fourth-order valence-corrected chi connectivity index (χ4v) is 2.63. The molecule has 1 amide bonds. The minimum atomic E-state index is -0.219. The van der Waals surface area contributed by atoms with Crippen molar-refractivity contribution in [1.82, 2.24) is 4.98 Å². The highest BCUT2D eigenvalue weighted by molar-refractivity contribution is 6.02. The summed E-state index contributed by atoms with van der Waals surface area (Å²) in [6, 6.07) is 12.7. The lowest BCUT2D eigenvalue weighted by atomic mass is 10.1. The lowest BCUT2D eigenvalue weighted by molar-refractivity contribution is -0.0110. The number of anilines is 1. The van der Waals surface area contributed by atoms with E-state index >= 15 is 0 Å². The average Bonchev–Trinajstić information content (AvgIpc) is 2.62. The van der Waals surface area contributed by atoms with Crippen molar-refractivity contribution >= 4 is 11.6 Å². The molecule has 1 aliphatic rings. The SMILES string of the molecule is Cc1cccc(C(=O)Nc2ccc(OCC3CCCCO3)cc2)n1. The summed E-state index contributed by atoms with van der Waals surface area (Å²) >= 11 is 0. The summed E-state index contributed by atoms with van der Waals surface area (Å²) in [6.45, 7) is 3.25. The number of aromatic nitrogens is 1. The Balaban J connectivity index is 1.53. The number of amides is 1. The van der Waals surface area contributed by atoms with Gasteiger partial charge in [-0.2, -0.15) is 0 Å². The van der Waals surface area contributed by atoms with Crippen LogP contribution in [0.2, 0.25) is 0 Å². The van der Waals surface area contributed by atoms with Crippen LogP contribution in [0, 0.1) is 6.92 Å². The highest BCUT2D eigenvalue weighted by Gasteiger charge is 2.14. The van der Waals surface area contributed by atoms with Crippen LogP contribution >= 0.6 is 0 Å². The average molecular weight is 326 g/mol. The van der Waals surface area contributed by atoms with E-state index in [9.17, 15) is 4.79 Å². The number of ether oxygens (including phenoxy) is 2. The number of carbonyl (C=O) groups excluding carboxylic acids is 1. The highest BCUT2D eigenvalue weighted by atomic mass is 16.5. The number of benzene rings is 1. The zero-order valence-corrected chi connectivity index (χ0v) is 13.8. The Morgan fingerprint density at radius 1 is 1.25 bits per heavy atom. The van der Waals surface area contributed by atoms with Crippen molar-refractivity contribution < 1.29 is 14.3 Å². The molecule has 1 unspecified atom stereocenters. The first-order chi connectivity index (χ1) is 11.7. The lowest BCUT2D eigenvalue weighted by Crippen LogP contribution is -2.25. The Labute approximate surface area is 142 Å². The van der Waals surface area contributed by atoms with Crippen molar-refractivity contribution in [3.8, 4) is 5.75 Å². The second-order valence-electron chi connectivity index (χ2n) is 5.94. The number of hydrogen-bond donors (Lipinski definition) is 1. The monoisotopic (exact) mass is 326 g/mol. The quantitative estimate of drug-likeness (QED) is 0.912. The Morgan fingerprint density at radius 2 is 2.08 bits per heavy atom. The number of aryl methyl sites for hydroxylation is 1. The molecule has 0 saturated carbocycles. The standard InChI is InChI=1S/C19H22N2O3/c1-14-5-4-7-18(20-14)19(22)21-15-8-10-16(11-9-15)24-13-17-6-2-3-12-23-17/h4-5,7-11,17H,2-3,6,12-13H2,1H3,(H,21,22). The summed E-state index contributed by atoms with van der Waals surface area (Å²) in [6.07, 6.45) is 3.58. The molecule has 0 spiro atoms. The molecule has 2 aromatic rings. The van der Waals surface area contributed by atoms with Gasteiger partial charge in [0, 0.05) is 18.0 Å². The minimum Gasteiger partial charge on any atom is -0.491 e. The molecule has 1 aromatic heterocycles.